The highest BCUT2D eigenvalue weighted by molar-refractivity contribution is 6.30. The van der Waals surface area contributed by atoms with Crippen LogP contribution in [-0.2, 0) is 4.79 Å². The van der Waals surface area contributed by atoms with E-state index in [4.69, 9.17) is 11.6 Å². The van der Waals surface area contributed by atoms with Crippen molar-refractivity contribution in [3.63, 3.8) is 0 Å². The van der Waals surface area contributed by atoms with Gasteiger partial charge in [-0.3, -0.25) is 9.69 Å². The minimum Gasteiger partial charge on any atom is -0.387 e. The van der Waals surface area contributed by atoms with Crippen LogP contribution in [0.1, 0.15) is 25.5 Å². The quantitative estimate of drug-likeness (QED) is 0.829. The minimum absolute atomic E-state index is 0.0889. The molecule has 1 aliphatic rings. The monoisotopic (exact) mass is 282 g/mol. The maximum Gasteiger partial charge on any atom is 0.325 e. The number of β-amino-alcohol motifs (C(OH)–C–C–N with tert-alkyl or cyclic N) is 1. The number of nitrogens with zero attached hydrogens (tertiary/aromatic N) is 1. The zero-order valence-electron chi connectivity index (χ0n) is 10.7. The fraction of sp³-hybridized carbons (Fsp3) is 0.385. The van der Waals surface area contributed by atoms with Crippen LogP contribution < -0.4 is 5.32 Å². The van der Waals surface area contributed by atoms with Crippen molar-refractivity contribution < 1.29 is 14.7 Å². The first-order chi connectivity index (χ1) is 8.81. The molecule has 102 valence electrons. The van der Waals surface area contributed by atoms with E-state index in [2.05, 4.69) is 5.32 Å². The van der Waals surface area contributed by atoms with Crippen LogP contribution in [0.2, 0.25) is 5.02 Å². The summed E-state index contributed by atoms with van der Waals surface area (Å²) in [6.07, 6.45) is -0.956. The van der Waals surface area contributed by atoms with Gasteiger partial charge in [0.15, 0.2) is 0 Å². The van der Waals surface area contributed by atoms with E-state index in [1.165, 1.54) is 0 Å². The second-order valence-corrected chi connectivity index (χ2v) is 5.48. The zero-order chi connectivity index (χ0) is 14.2. The Morgan fingerprint density at radius 3 is 2.63 bits per heavy atom. The van der Waals surface area contributed by atoms with Crippen LogP contribution in [0.4, 0.5) is 4.79 Å². The van der Waals surface area contributed by atoms with Gasteiger partial charge in [0, 0.05) is 5.02 Å². The lowest BCUT2D eigenvalue weighted by Crippen LogP contribution is -2.40. The summed E-state index contributed by atoms with van der Waals surface area (Å²) in [5, 5.41) is 13.1. The Kier molecular flexibility index (Phi) is 3.52. The van der Waals surface area contributed by atoms with E-state index in [1.54, 1.807) is 38.1 Å². The standard InChI is InChI=1S/C13H15ClN2O3/c1-13(2)11(18)16(12(19)15-13)7-10(17)8-4-3-5-9(14)6-8/h3-6,10,17H,7H2,1-2H3,(H,15,19). The predicted molar refractivity (Wildman–Crippen MR) is 70.7 cm³/mol. The van der Waals surface area contributed by atoms with Crippen molar-refractivity contribution in [1.82, 2.24) is 10.2 Å². The number of aliphatic hydroxyl groups is 1. The first kappa shape index (κ1) is 13.8. The van der Waals surface area contributed by atoms with Crippen LogP contribution in [0.15, 0.2) is 24.3 Å². The number of urea groups is 1. The van der Waals surface area contributed by atoms with Gasteiger partial charge in [0.25, 0.3) is 5.91 Å². The van der Waals surface area contributed by atoms with E-state index in [0.717, 1.165) is 4.90 Å². The fourth-order valence-corrected chi connectivity index (χ4v) is 2.17. The third kappa shape index (κ3) is 2.72. The van der Waals surface area contributed by atoms with Gasteiger partial charge in [0.1, 0.15) is 5.54 Å². The summed E-state index contributed by atoms with van der Waals surface area (Å²) in [4.78, 5) is 24.7. The molecule has 3 amide bonds. The highest BCUT2D eigenvalue weighted by Crippen LogP contribution is 2.22. The molecule has 1 aliphatic heterocycles. The SMILES string of the molecule is CC1(C)NC(=O)N(CC(O)c2cccc(Cl)c2)C1=O. The second kappa shape index (κ2) is 4.83. The van der Waals surface area contributed by atoms with Crippen molar-refractivity contribution in [2.24, 2.45) is 0 Å². The predicted octanol–water partition coefficient (Wildman–Crippen LogP) is 1.70. The molecule has 1 unspecified atom stereocenters. The summed E-state index contributed by atoms with van der Waals surface area (Å²) >= 11 is 5.84. The number of hydrogen-bond acceptors (Lipinski definition) is 3. The maximum atomic E-state index is 12.0. The van der Waals surface area contributed by atoms with Crippen molar-refractivity contribution in [2.45, 2.75) is 25.5 Å². The van der Waals surface area contributed by atoms with E-state index < -0.39 is 17.7 Å². The van der Waals surface area contributed by atoms with Gasteiger partial charge in [0.2, 0.25) is 0 Å². The van der Waals surface area contributed by atoms with Crippen LogP contribution in [-0.4, -0.2) is 34.0 Å². The molecule has 2 N–H and O–H groups in total. The molecule has 2 rings (SSSR count). The molecule has 19 heavy (non-hydrogen) atoms. The molecule has 5 nitrogen and oxygen atoms in total. The Morgan fingerprint density at radius 2 is 2.11 bits per heavy atom. The fourth-order valence-electron chi connectivity index (χ4n) is 1.98. The Morgan fingerprint density at radius 1 is 1.42 bits per heavy atom. The smallest absolute Gasteiger partial charge is 0.325 e. The van der Waals surface area contributed by atoms with Crippen LogP contribution in [0.3, 0.4) is 0 Å². The molecule has 0 aromatic heterocycles. The molecule has 1 saturated heterocycles. The van der Waals surface area contributed by atoms with Crippen molar-refractivity contribution >= 4 is 23.5 Å². The van der Waals surface area contributed by atoms with Crippen molar-refractivity contribution in [3.05, 3.63) is 34.9 Å². The van der Waals surface area contributed by atoms with E-state index in [0.29, 0.717) is 10.6 Å². The highest BCUT2D eigenvalue weighted by atomic mass is 35.5. The lowest BCUT2D eigenvalue weighted by atomic mass is 10.1. The van der Waals surface area contributed by atoms with Crippen molar-refractivity contribution in [2.75, 3.05) is 6.54 Å². The molecule has 0 aliphatic carbocycles. The molecule has 1 fully saturated rings. The molecule has 1 aromatic rings. The Hall–Kier alpha value is -1.59. The van der Waals surface area contributed by atoms with Gasteiger partial charge in [-0.25, -0.2) is 4.79 Å². The summed E-state index contributed by atoms with van der Waals surface area (Å²) in [5.41, 5.74) is -0.358. The second-order valence-electron chi connectivity index (χ2n) is 5.04. The van der Waals surface area contributed by atoms with Gasteiger partial charge in [-0.15, -0.1) is 0 Å². The third-order valence-corrected chi connectivity index (χ3v) is 3.27. The van der Waals surface area contributed by atoms with Crippen LogP contribution in [0, 0.1) is 0 Å². The highest BCUT2D eigenvalue weighted by Gasteiger charge is 2.44. The van der Waals surface area contributed by atoms with E-state index in [1.807, 2.05) is 0 Å². The van der Waals surface area contributed by atoms with Gasteiger partial charge >= 0.3 is 6.03 Å². The molecule has 0 spiro atoms. The van der Waals surface area contributed by atoms with Crippen LogP contribution in [0.5, 0.6) is 0 Å². The average Bonchev–Trinajstić information content (AvgIpc) is 2.51. The van der Waals surface area contributed by atoms with Crippen molar-refractivity contribution in [1.29, 1.82) is 0 Å². The molecular weight excluding hydrogens is 268 g/mol. The Labute approximate surface area is 116 Å². The van der Waals surface area contributed by atoms with E-state index in [-0.39, 0.29) is 12.5 Å². The third-order valence-electron chi connectivity index (χ3n) is 3.03. The normalized spacial score (nSPS) is 19.5. The number of imide groups is 1. The molecular formula is C13H15ClN2O3. The summed E-state index contributed by atoms with van der Waals surface area (Å²) in [6.45, 7) is 3.16. The first-order valence-electron chi connectivity index (χ1n) is 5.89. The van der Waals surface area contributed by atoms with Crippen LogP contribution >= 0.6 is 11.6 Å². The number of carbonyl (C=O) groups excluding carboxylic acids is 2. The molecule has 0 radical (unpaired) electrons. The maximum absolute atomic E-state index is 12.0. The summed E-state index contributed by atoms with van der Waals surface area (Å²) in [5.74, 6) is -0.349. The van der Waals surface area contributed by atoms with Gasteiger partial charge in [-0.1, -0.05) is 23.7 Å². The Balaban J connectivity index is 2.14. The van der Waals surface area contributed by atoms with E-state index in [9.17, 15) is 14.7 Å². The minimum atomic E-state index is -0.956. The number of hydrogen-bond donors (Lipinski definition) is 2. The Bertz CT molecular complexity index is 530. The lowest BCUT2D eigenvalue weighted by molar-refractivity contribution is -0.131. The van der Waals surface area contributed by atoms with Crippen LogP contribution in [0.25, 0.3) is 0 Å². The average molecular weight is 283 g/mol. The molecule has 0 saturated carbocycles. The summed E-state index contributed by atoms with van der Waals surface area (Å²) in [6, 6.07) is 6.21. The van der Waals surface area contributed by atoms with Crippen molar-refractivity contribution in [3.8, 4) is 0 Å². The molecule has 1 heterocycles. The summed E-state index contributed by atoms with van der Waals surface area (Å²) < 4.78 is 0. The number of amides is 3. The zero-order valence-corrected chi connectivity index (χ0v) is 11.4. The van der Waals surface area contributed by atoms with Gasteiger partial charge in [-0.05, 0) is 31.5 Å². The van der Waals surface area contributed by atoms with Gasteiger partial charge < -0.3 is 10.4 Å². The number of carbonyl (C=O) groups is 2. The number of nitrogens with one attached hydrogen (secondary N) is 1. The number of halogens is 1. The largest absolute Gasteiger partial charge is 0.387 e. The molecule has 0 bridgehead atoms. The molecule has 1 atom stereocenters. The molecule has 6 heteroatoms. The van der Waals surface area contributed by atoms with Gasteiger partial charge in [0.05, 0.1) is 12.6 Å². The number of aliphatic hydroxyl groups excluding tert-OH is 1. The topological polar surface area (TPSA) is 69.6 Å². The summed E-state index contributed by atoms with van der Waals surface area (Å²) in [7, 11) is 0. The lowest BCUT2D eigenvalue weighted by Gasteiger charge is -2.19. The molecule has 1 aromatic carbocycles. The first-order valence-corrected chi connectivity index (χ1v) is 6.27. The number of rotatable bonds is 3. The van der Waals surface area contributed by atoms with Gasteiger partial charge in [-0.2, -0.15) is 0 Å². The number of benzene rings is 1. The van der Waals surface area contributed by atoms with E-state index >= 15 is 0 Å².